The van der Waals surface area contributed by atoms with Crippen LogP contribution in [-0.2, 0) is 6.42 Å². The second kappa shape index (κ2) is 7.27. The smallest absolute Gasteiger partial charge is 0.317 e. The summed E-state index contributed by atoms with van der Waals surface area (Å²) in [5.41, 5.74) is 2.08. The predicted molar refractivity (Wildman–Crippen MR) is 88.6 cm³/mol. The number of nitrogens with one attached hydrogen (secondary N) is 1. The first-order valence-corrected chi connectivity index (χ1v) is 8.08. The zero-order valence-corrected chi connectivity index (χ0v) is 13.0. The van der Waals surface area contributed by atoms with Crippen LogP contribution in [0.5, 0.6) is 0 Å². The maximum Gasteiger partial charge on any atom is 0.317 e. The average molecular weight is 312 g/mol. The SMILES string of the molecule is O=C(NCCc1ccccc1)N1CCC[C@@H]1c1cccc(F)c1. The van der Waals surface area contributed by atoms with E-state index >= 15 is 0 Å². The summed E-state index contributed by atoms with van der Waals surface area (Å²) in [4.78, 5) is 14.2. The predicted octanol–water partition coefficient (Wildman–Crippen LogP) is 3.91. The van der Waals surface area contributed by atoms with Gasteiger partial charge in [0.25, 0.3) is 0 Å². The Hall–Kier alpha value is -2.36. The number of amides is 2. The molecule has 1 fully saturated rings. The van der Waals surface area contributed by atoms with Crippen LogP contribution in [0, 0.1) is 5.82 Å². The van der Waals surface area contributed by atoms with E-state index in [0.717, 1.165) is 31.4 Å². The maximum absolute atomic E-state index is 13.4. The van der Waals surface area contributed by atoms with E-state index in [0.29, 0.717) is 6.54 Å². The summed E-state index contributed by atoms with van der Waals surface area (Å²) < 4.78 is 13.4. The minimum Gasteiger partial charge on any atom is -0.338 e. The first-order valence-electron chi connectivity index (χ1n) is 8.08. The van der Waals surface area contributed by atoms with Gasteiger partial charge < -0.3 is 10.2 Å². The summed E-state index contributed by atoms with van der Waals surface area (Å²) in [5.74, 6) is -0.251. The van der Waals surface area contributed by atoms with Gasteiger partial charge in [-0.3, -0.25) is 0 Å². The molecule has 1 aliphatic rings. The summed E-state index contributed by atoms with van der Waals surface area (Å²) in [6.07, 6.45) is 2.65. The Morgan fingerprint density at radius 3 is 2.78 bits per heavy atom. The Labute approximate surface area is 136 Å². The van der Waals surface area contributed by atoms with Gasteiger partial charge in [0.1, 0.15) is 5.82 Å². The minimum atomic E-state index is -0.251. The maximum atomic E-state index is 13.4. The van der Waals surface area contributed by atoms with Gasteiger partial charge in [-0.2, -0.15) is 0 Å². The van der Waals surface area contributed by atoms with Gasteiger partial charge in [-0.15, -0.1) is 0 Å². The van der Waals surface area contributed by atoms with Crippen LogP contribution in [0.15, 0.2) is 54.6 Å². The second-order valence-corrected chi connectivity index (χ2v) is 5.87. The summed E-state index contributed by atoms with van der Waals surface area (Å²) in [6.45, 7) is 1.33. The van der Waals surface area contributed by atoms with E-state index in [1.165, 1.54) is 17.7 Å². The molecule has 3 rings (SSSR count). The molecule has 2 amide bonds. The first kappa shape index (κ1) is 15.5. The second-order valence-electron chi connectivity index (χ2n) is 5.87. The highest BCUT2D eigenvalue weighted by Crippen LogP contribution is 2.31. The van der Waals surface area contributed by atoms with Crippen molar-refractivity contribution in [2.45, 2.75) is 25.3 Å². The van der Waals surface area contributed by atoms with Crippen molar-refractivity contribution in [3.63, 3.8) is 0 Å². The molecule has 0 saturated carbocycles. The number of benzene rings is 2. The molecule has 2 aromatic rings. The van der Waals surface area contributed by atoms with Gasteiger partial charge in [-0.1, -0.05) is 42.5 Å². The monoisotopic (exact) mass is 312 g/mol. The first-order chi connectivity index (χ1) is 11.2. The summed E-state index contributed by atoms with van der Waals surface area (Å²) in [6, 6.07) is 16.6. The molecule has 0 radical (unpaired) electrons. The number of carbonyl (C=O) groups is 1. The summed E-state index contributed by atoms with van der Waals surface area (Å²) in [5, 5.41) is 2.98. The highest BCUT2D eigenvalue weighted by molar-refractivity contribution is 5.75. The van der Waals surface area contributed by atoms with Crippen LogP contribution in [0.1, 0.15) is 30.0 Å². The molecule has 0 spiro atoms. The van der Waals surface area contributed by atoms with E-state index in [2.05, 4.69) is 17.4 Å². The van der Waals surface area contributed by atoms with Gasteiger partial charge in [-0.05, 0) is 42.5 Å². The molecular formula is C19H21FN2O. The average Bonchev–Trinajstić information content (AvgIpc) is 3.05. The summed E-state index contributed by atoms with van der Waals surface area (Å²) >= 11 is 0. The van der Waals surface area contributed by atoms with Crippen LogP contribution in [0.4, 0.5) is 9.18 Å². The lowest BCUT2D eigenvalue weighted by Gasteiger charge is -2.25. The molecule has 23 heavy (non-hydrogen) atoms. The standard InChI is InChI=1S/C19H21FN2O/c20-17-9-4-8-16(14-17)18-10-5-13-22(18)19(23)21-12-11-15-6-2-1-3-7-15/h1-4,6-9,14,18H,5,10-13H2,(H,21,23)/t18-/m1/s1. The molecule has 1 heterocycles. The molecular weight excluding hydrogens is 291 g/mol. The van der Waals surface area contributed by atoms with E-state index in [-0.39, 0.29) is 17.9 Å². The highest BCUT2D eigenvalue weighted by atomic mass is 19.1. The van der Waals surface area contributed by atoms with Crippen molar-refractivity contribution in [3.05, 3.63) is 71.5 Å². The van der Waals surface area contributed by atoms with E-state index in [4.69, 9.17) is 0 Å². The van der Waals surface area contributed by atoms with Crippen molar-refractivity contribution >= 4 is 6.03 Å². The third kappa shape index (κ3) is 3.89. The molecule has 1 atom stereocenters. The normalized spacial score (nSPS) is 17.3. The molecule has 0 bridgehead atoms. The van der Waals surface area contributed by atoms with Gasteiger partial charge in [-0.25, -0.2) is 9.18 Å². The number of carbonyl (C=O) groups excluding carboxylic acids is 1. The number of hydrogen-bond acceptors (Lipinski definition) is 1. The van der Waals surface area contributed by atoms with Crippen molar-refractivity contribution in [3.8, 4) is 0 Å². The van der Waals surface area contributed by atoms with E-state index in [9.17, 15) is 9.18 Å². The quantitative estimate of drug-likeness (QED) is 0.912. The van der Waals surface area contributed by atoms with Crippen LogP contribution >= 0.6 is 0 Å². The van der Waals surface area contributed by atoms with E-state index in [1.54, 1.807) is 6.07 Å². The van der Waals surface area contributed by atoms with E-state index in [1.807, 2.05) is 29.2 Å². The molecule has 0 aliphatic carbocycles. The van der Waals surface area contributed by atoms with Crippen LogP contribution < -0.4 is 5.32 Å². The minimum absolute atomic E-state index is 0.0255. The molecule has 1 N–H and O–H groups in total. The zero-order chi connectivity index (χ0) is 16.1. The van der Waals surface area contributed by atoms with Crippen LogP contribution in [0.3, 0.4) is 0 Å². The van der Waals surface area contributed by atoms with Crippen molar-refractivity contribution in [2.75, 3.05) is 13.1 Å². The Balaban J connectivity index is 1.58. The zero-order valence-electron chi connectivity index (χ0n) is 13.0. The topological polar surface area (TPSA) is 32.3 Å². The lowest BCUT2D eigenvalue weighted by molar-refractivity contribution is 0.193. The van der Waals surface area contributed by atoms with Crippen molar-refractivity contribution in [1.29, 1.82) is 0 Å². The third-order valence-electron chi connectivity index (χ3n) is 4.28. The lowest BCUT2D eigenvalue weighted by Crippen LogP contribution is -2.40. The number of urea groups is 1. The number of hydrogen-bond donors (Lipinski definition) is 1. The molecule has 0 unspecified atom stereocenters. The van der Waals surface area contributed by atoms with Crippen molar-refractivity contribution < 1.29 is 9.18 Å². The largest absolute Gasteiger partial charge is 0.338 e. The van der Waals surface area contributed by atoms with E-state index < -0.39 is 0 Å². The fourth-order valence-electron chi connectivity index (χ4n) is 3.13. The Bertz CT molecular complexity index is 659. The third-order valence-corrected chi connectivity index (χ3v) is 4.28. The fourth-order valence-corrected chi connectivity index (χ4v) is 3.13. The Morgan fingerprint density at radius 2 is 2.00 bits per heavy atom. The van der Waals surface area contributed by atoms with Crippen LogP contribution in [-0.4, -0.2) is 24.0 Å². The molecule has 1 saturated heterocycles. The number of nitrogens with zero attached hydrogens (tertiary/aromatic N) is 1. The van der Waals surface area contributed by atoms with Crippen LogP contribution in [0.25, 0.3) is 0 Å². The number of rotatable bonds is 4. The molecule has 2 aromatic carbocycles. The van der Waals surface area contributed by atoms with Crippen molar-refractivity contribution in [2.24, 2.45) is 0 Å². The van der Waals surface area contributed by atoms with Gasteiger partial charge in [0.2, 0.25) is 0 Å². The lowest BCUT2D eigenvalue weighted by atomic mass is 10.0. The van der Waals surface area contributed by atoms with Gasteiger partial charge in [0, 0.05) is 13.1 Å². The number of likely N-dealkylation sites (tertiary alicyclic amines) is 1. The Morgan fingerprint density at radius 1 is 1.17 bits per heavy atom. The fraction of sp³-hybridized carbons (Fsp3) is 0.316. The van der Waals surface area contributed by atoms with Gasteiger partial charge >= 0.3 is 6.03 Å². The molecule has 3 nitrogen and oxygen atoms in total. The van der Waals surface area contributed by atoms with Gasteiger partial charge in [0.05, 0.1) is 6.04 Å². The molecule has 120 valence electrons. The highest BCUT2D eigenvalue weighted by Gasteiger charge is 2.29. The van der Waals surface area contributed by atoms with Crippen LogP contribution in [0.2, 0.25) is 0 Å². The van der Waals surface area contributed by atoms with Gasteiger partial charge in [0.15, 0.2) is 0 Å². The molecule has 4 heteroatoms. The molecule has 1 aliphatic heterocycles. The van der Waals surface area contributed by atoms with Crippen molar-refractivity contribution in [1.82, 2.24) is 10.2 Å². The Kier molecular flexibility index (Phi) is 4.91. The summed E-state index contributed by atoms with van der Waals surface area (Å²) in [7, 11) is 0. The number of halogens is 1. The molecule has 0 aromatic heterocycles.